The first-order valence-corrected chi connectivity index (χ1v) is 3.45. The van der Waals surface area contributed by atoms with Crippen LogP contribution in [0.4, 0.5) is 4.79 Å². The second-order valence-electron chi connectivity index (χ2n) is 1.98. The summed E-state index contributed by atoms with van der Waals surface area (Å²) >= 11 is 5.05. The molecule has 1 rings (SSSR count). The number of ether oxygens (including phenoxy) is 1. The summed E-state index contributed by atoms with van der Waals surface area (Å²) in [5, 5.41) is 4.89. The molecule has 1 unspecified atom stereocenters. The van der Waals surface area contributed by atoms with Crippen LogP contribution in [0.2, 0.25) is 0 Å². The molecule has 5 heteroatoms. The lowest BCUT2D eigenvalue weighted by molar-refractivity contribution is 0.0165. The topological polar surface area (TPSA) is 50.4 Å². The van der Waals surface area contributed by atoms with Crippen molar-refractivity contribution < 1.29 is 9.53 Å². The number of morpholine rings is 1. The van der Waals surface area contributed by atoms with E-state index in [4.69, 9.17) is 16.3 Å². The molecular formula is C5H9ClN2O2. The minimum atomic E-state index is -0.575. The quantitative estimate of drug-likeness (QED) is 0.420. The maximum absolute atomic E-state index is 10.3. The van der Waals surface area contributed by atoms with Gasteiger partial charge in [-0.2, -0.15) is 0 Å². The van der Waals surface area contributed by atoms with E-state index in [2.05, 4.69) is 10.6 Å². The summed E-state index contributed by atoms with van der Waals surface area (Å²) in [6.07, 6.45) is -0.265. The predicted molar refractivity (Wildman–Crippen MR) is 37.0 cm³/mol. The monoisotopic (exact) mass is 164 g/mol. The molecule has 0 bridgehead atoms. The molecule has 1 aliphatic rings. The predicted octanol–water partition coefficient (Wildman–Crippen LogP) is -0.119. The molecule has 0 radical (unpaired) electrons. The highest BCUT2D eigenvalue weighted by atomic mass is 35.5. The average molecular weight is 165 g/mol. The molecule has 0 aromatic rings. The van der Waals surface area contributed by atoms with Crippen LogP contribution < -0.4 is 10.6 Å². The van der Waals surface area contributed by atoms with Crippen LogP contribution in [0.3, 0.4) is 0 Å². The first-order chi connectivity index (χ1) is 4.79. The van der Waals surface area contributed by atoms with E-state index in [1.54, 1.807) is 0 Å². The van der Waals surface area contributed by atoms with Crippen LogP contribution in [0.15, 0.2) is 0 Å². The Hall–Kier alpha value is -0.320. The highest BCUT2D eigenvalue weighted by Crippen LogP contribution is 1.92. The van der Waals surface area contributed by atoms with E-state index in [1.165, 1.54) is 0 Å². The molecule has 1 atom stereocenters. The lowest BCUT2D eigenvalue weighted by atomic mass is 10.4. The minimum absolute atomic E-state index is 0.265. The third-order valence-electron chi connectivity index (χ3n) is 1.20. The summed E-state index contributed by atoms with van der Waals surface area (Å²) in [6, 6.07) is 0. The molecule has 0 saturated carbocycles. The highest BCUT2D eigenvalue weighted by Gasteiger charge is 2.13. The number of hydrogen-bond donors (Lipinski definition) is 2. The van der Waals surface area contributed by atoms with Crippen LogP contribution in [0.1, 0.15) is 0 Å². The fourth-order valence-electron chi connectivity index (χ4n) is 0.785. The van der Waals surface area contributed by atoms with E-state index in [-0.39, 0.29) is 6.23 Å². The number of nitrogens with one attached hydrogen (secondary N) is 2. The van der Waals surface area contributed by atoms with E-state index < -0.39 is 5.37 Å². The van der Waals surface area contributed by atoms with E-state index in [0.717, 1.165) is 6.54 Å². The van der Waals surface area contributed by atoms with Crippen molar-refractivity contribution in [2.75, 3.05) is 19.7 Å². The first-order valence-electron chi connectivity index (χ1n) is 3.07. The number of carbonyl (C=O) groups excluding carboxylic acids is 1. The van der Waals surface area contributed by atoms with Crippen molar-refractivity contribution in [3.63, 3.8) is 0 Å². The van der Waals surface area contributed by atoms with Crippen molar-refractivity contribution in [3.8, 4) is 0 Å². The second-order valence-corrected chi connectivity index (χ2v) is 2.32. The van der Waals surface area contributed by atoms with Crippen molar-refractivity contribution in [2.24, 2.45) is 0 Å². The molecule has 58 valence electrons. The van der Waals surface area contributed by atoms with Gasteiger partial charge in [-0.05, 0) is 11.6 Å². The van der Waals surface area contributed by atoms with Crippen molar-refractivity contribution >= 4 is 17.0 Å². The Morgan fingerprint density at radius 2 is 2.60 bits per heavy atom. The van der Waals surface area contributed by atoms with E-state index in [0.29, 0.717) is 13.2 Å². The van der Waals surface area contributed by atoms with E-state index >= 15 is 0 Å². The van der Waals surface area contributed by atoms with Crippen molar-refractivity contribution in [2.45, 2.75) is 6.23 Å². The van der Waals surface area contributed by atoms with Crippen LogP contribution in [-0.4, -0.2) is 31.3 Å². The minimum Gasteiger partial charge on any atom is -0.356 e. The van der Waals surface area contributed by atoms with E-state index in [1.807, 2.05) is 0 Å². The van der Waals surface area contributed by atoms with E-state index in [9.17, 15) is 4.79 Å². The molecule has 10 heavy (non-hydrogen) atoms. The molecule has 1 aliphatic heterocycles. The SMILES string of the molecule is O=C(Cl)NC1CNCCO1. The molecule has 1 amide bonds. The van der Waals surface area contributed by atoms with Gasteiger partial charge < -0.3 is 15.4 Å². The number of carbonyl (C=O) groups is 1. The van der Waals surface area contributed by atoms with Gasteiger partial charge in [-0.3, -0.25) is 4.79 Å². The van der Waals surface area contributed by atoms with Crippen molar-refractivity contribution in [1.82, 2.24) is 10.6 Å². The average Bonchev–Trinajstić information content (AvgIpc) is 1.88. The van der Waals surface area contributed by atoms with Gasteiger partial charge in [-0.25, -0.2) is 0 Å². The Morgan fingerprint density at radius 1 is 1.80 bits per heavy atom. The van der Waals surface area contributed by atoms with Crippen LogP contribution in [-0.2, 0) is 4.74 Å². The molecule has 0 aromatic carbocycles. The van der Waals surface area contributed by atoms with Gasteiger partial charge in [0.2, 0.25) is 0 Å². The largest absolute Gasteiger partial charge is 0.356 e. The van der Waals surface area contributed by atoms with Crippen LogP contribution in [0.5, 0.6) is 0 Å². The Bertz CT molecular complexity index is 125. The third-order valence-corrected chi connectivity index (χ3v) is 1.31. The van der Waals surface area contributed by atoms with Crippen molar-refractivity contribution in [3.05, 3.63) is 0 Å². The number of rotatable bonds is 1. The van der Waals surface area contributed by atoms with Gasteiger partial charge >= 0.3 is 5.37 Å². The molecule has 4 nitrogen and oxygen atoms in total. The van der Waals surface area contributed by atoms with Crippen molar-refractivity contribution in [1.29, 1.82) is 0 Å². The molecule has 1 saturated heterocycles. The lowest BCUT2D eigenvalue weighted by Gasteiger charge is -2.23. The fourth-order valence-corrected chi connectivity index (χ4v) is 0.906. The maximum atomic E-state index is 10.3. The zero-order chi connectivity index (χ0) is 7.40. The second kappa shape index (κ2) is 3.75. The molecular weight excluding hydrogens is 156 g/mol. The summed E-state index contributed by atoms with van der Waals surface area (Å²) in [5.74, 6) is 0. The van der Waals surface area contributed by atoms with Gasteiger partial charge in [-0.15, -0.1) is 0 Å². The summed E-state index contributed by atoms with van der Waals surface area (Å²) in [7, 11) is 0. The summed E-state index contributed by atoms with van der Waals surface area (Å²) in [4.78, 5) is 10.3. The molecule has 0 aromatic heterocycles. The Kier molecular flexibility index (Phi) is 2.92. The summed E-state index contributed by atoms with van der Waals surface area (Å²) < 4.78 is 5.11. The maximum Gasteiger partial charge on any atom is 0.315 e. The zero-order valence-electron chi connectivity index (χ0n) is 5.39. The van der Waals surface area contributed by atoms with Gasteiger partial charge in [0, 0.05) is 13.1 Å². The zero-order valence-corrected chi connectivity index (χ0v) is 6.15. The summed E-state index contributed by atoms with van der Waals surface area (Å²) in [5.41, 5.74) is 0. The van der Waals surface area contributed by atoms with Crippen LogP contribution in [0.25, 0.3) is 0 Å². The number of halogens is 1. The third kappa shape index (κ3) is 2.51. The van der Waals surface area contributed by atoms with Gasteiger partial charge in [0.1, 0.15) is 6.23 Å². The Balaban J connectivity index is 2.19. The van der Waals surface area contributed by atoms with Crippen LogP contribution >= 0.6 is 11.6 Å². The molecule has 1 heterocycles. The Labute approximate surface area is 63.9 Å². The molecule has 0 spiro atoms. The highest BCUT2D eigenvalue weighted by molar-refractivity contribution is 6.62. The van der Waals surface area contributed by atoms with Gasteiger partial charge in [0.25, 0.3) is 0 Å². The van der Waals surface area contributed by atoms with Gasteiger partial charge in [0.15, 0.2) is 0 Å². The lowest BCUT2D eigenvalue weighted by Crippen LogP contribution is -2.47. The molecule has 2 N–H and O–H groups in total. The summed E-state index contributed by atoms with van der Waals surface area (Å²) in [6.45, 7) is 2.06. The fraction of sp³-hybridized carbons (Fsp3) is 0.800. The Morgan fingerprint density at radius 3 is 3.10 bits per heavy atom. The number of amides is 1. The molecule has 1 fully saturated rings. The smallest absolute Gasteiger partial charge is 0.315 e. The van der Waals surface area contributed by atoms with Gasteiger partial charge in [-0.1, -0.05) is 0 Å². The molecule has 0 aliphatic carbocycles. The standard InChI is InChI=1S/C5H9ClN2O2/c6-5(9)8-4-3-7-1-2-10-4/h4,7H,1-3H2,(H,8,9). The first kappa shape index (κ1) is 7.78. The number of hydrogen-bond acceptors (Lipinski definition) is 3. The normalized spacial score (nSPS) is 25.9. The van der Waals surface area contributed by atoms with Gasteiger partial charge in [0.05, 0.1) is 6.61 Å². The van der Waals surface area contributed by atoms with Crippen LogP contribution in [0, 0.1) is 0 Å².